The lowest BCUT2D eigenvalue weighted by molar-refractivity contribution is 0.435. The van der Waals surface area contributed by atoms with Crippen molar-refractivity contribution in [3.63, 3.8) is 0 Å². The standard InChI is InChI=1S/C23H32O2/c1-14-11-16(20(24)19(12-14)23(6,7)8)13-17-15(2)9-10-18(21(17)25)22(3,4)5/h9-12,24-25H,13H2,1-8H3. The Hall–Kier alpha value is -1.96. The largest absolute Gasteiger partial charge is 0.507 e. The Kier molecular flexibility index (Phi) is 4.96. The molecule has 0 aliphatic carbocycles. The summed E-state index contributed by atoms with van der Waals surface area (Å²) in [6.07, 6.45) is 0.526. The van der Waals surface area contributed by atoms with Crippen LogP contribution in [0.3, 0.4) is 0 Å². The molecule has 25 heavy (non-hydrogen) atoms. The Morgan fingerprint density at radius 3 is 1.84 bits per heavy atom. The van der Waals surface area contributed by atoms with Gasteiger partial charge in [0.25, 0.3) is 0 Å². The van der Waals surface area contributed by atoms with Crippen molar-refractivity contribution in [2.75, 3.05) is 0 Å². The molecule has 0 radical (unpaired) electrons. The SMILES string of the molecule is Cc1cc(Cc2c(C)ccc(C(C)(C)C)c2O)c(O)c(C(C)(C)C)c1. The maximum atomic E-state index is 10.9. The molecule has 0 aliphatic rings. The lowest BCUT2D eigenvalue weighted by atomic mass is 9.81. The average Bonchev–Trinajstić information content (AvgIpc) is 2.43. The summed E-state index contributed by atoms with van der Waals surface area (Å²) in [6.45, 7) is 16.7. The van der Waals surface area contributed by atoms with E-state index < -0.39 is 0 Å². The average molecular weight is 341 g/mol. The molecule has 0 heterocycles. The molecule has 0 spiro atoms. The van der Waals surface area contributed by atoms with Crippen molar-refractivity contribution < 1.29 is 10.2 Å². The number of aromatic hydroxyl groups is 2. The van der Waals surface area contributed by atoms with Crippen molar-refractivity contribution in [1.82, 2.24) is 0 Å². The molecule has 2 heteroatoms. The van der Waals surface area contributed by atoms with E-state index in [1.165, 1.54) is 0 Å². The van der Waals surface area contributed by atoms with Crippen molar-refractivity contribution in [1.29, 1.82) is 0 Å². The van der Waals surface area contributed by atoms with Gasteiger partial charge in [0.2, 0.25) is 0 Å². The Morgan fingerprint density at radius 2 is 1.32 bits per heavy atom. The van der Waals surface area contributed by atoms with Crippen LogP contribution in [0.4, 0.5) is 0 Å². The molecule has 0 unspecified atom stereocenters. The van der Waals surface area contributed by atoms with Crippen LogP contribution in [0.1, 0.15) is 74.9 Å². The van der Waals surface area contributed by atoms with E-state index in [1.807, 2.05) is 19.1 Å². The Morgan fingerprint density at radius 1 is 0.760 bits per heavy atom. The molecule has 2 nitrogen and oxygen atoms in total. The minimum Gasteiger partial charge on any atom is -0.507 e. The molecule has 2 N–H and O–H groups in total. The highest BCUT2D eigenvalue weighted by molar-refractivity contribution is 5.54. The van der Waals surface area contributed by atoms with E-state index in [1.54, 1.807) is 0 Å². The van der Waals surface area contributed by atoms with Gasteiger partial charge in [-0.2, -0.15) is 0 Å². The second-order valence-corrected chi connectivity index (χ2v) is 9.25. The Bertz CT molecular complexity index is 787. The minimum absolute atomic E-state index is 0.127. The van der Waals surface area contributed by atoms with E-state index in [-0.39, 0.29) is 10.8 Å². The summed E-state index contributed by atoms with van der Waals surface area (Å²) in [5.41, 5.74) is 5.57. The van der Waals surface area contributed by atoms with Crippen LogP contribution in [-0.4, -0.2) is 10.2 Å². The molecule has 0 saturated carbocycles. The first-order chi connectivity index (χ1) is 11.3. The number of benzene rings is 2. The van der Waals surface area contributed by atoms with Gasteiger partial charge in [0, 0.05) is 12.0 Å². The summed E-state index contributed by atoms with van der Waals surface area (Å²) >= 11 is 0. The summed E-state index contributed by atoms with van der Waals surface area (Å²) in [5.74, 6) is 0.698. The third-order valence-corrected chi connectivity index (χ3v) is 4.83. The predicted octanol–water partition coefficient (Wildman–Crippen LogP) is 5.90. The molecule has 0 fully saturated rings. The number of hydrogen-bond donors (Lipinski definition) is 2. The molecule has 0 bridgehead atoms. The Labute approximate surface area is 152 Å². The van der Waals surface area contributed by atoms with Crippen LogP contribution in [0.25, 0.3) is 0 Å². The van der Waals surface area contributed by atoms with Gasteiger partial charge in [-0.05, 0) is 46.9 Å². The van der Waals surface area contributed by atoms with Gasteiger partial charge in [-0.1, -0.05) is 71.4 Å². The van der Waals surface area contributed by atoms with Crippen molar-refractivity contribution in [2.45, 2.75) is 72.6 Å². The maximum absolute atomic E-state index is 10.9. The van der Waals surface area contributed by atoms with Gasteiger partial charge in [-0.25, -0.2) is 0 Å². The van der Waals surface area contributed by atoms with E-state index in [0.717, 1.165) is 33.4 Å². The third-order valence-electron chi connectivity index (χ3n) is 4.83. The van der Waals surface area contributed by atoms with E-state index in [9.17, 15) is 10.2 Å². The lowest BCUT2D eigenvalue weighted by Gasteiger charge is -2.25. The molecule has 0 atom stereocenters. The molecule has 0 amide bonds. The van der Waals surface area contributed by atoms with Gasteiger partial charge in [0.1, 0.15) is 11.5 Å². The number of rotatable bonds is 2. The second kappa shape index (κ2) is 6.40. The third kappa shape index (κ3) is 4.00. The highest BCUT2D eigenvalue weighted by Gasteiger charge is 2.24. The Balaban J connectivity index is 2.60. The van der Waals surface area contributed by atoms with Crippen LogP contribution in [0, 0.1) is 13.8 Å². The highest BCUT2D eigenvalue weighted by Crippen LogP contribution is 2.39. The van der Waals surface area contributed by atoms with Crippen LogP contribution in [0.2, 0.25) is 0 Å². The highest BCUT2D eigenvalue weighted by atomic mass is 16.3. The van der Waals surface area contributed by atoms with Crippen LogP contribution < -0.4 is 0 Å². The van der Waals surface area contributed by atoms with Gasteiger partial charge >= 0.3 is 0 Å². The zero-order valence-corrected chi connectivity index (χ0v) is 16.9. The fraction of sp³-hybridized carbons (Fsp3) is 0.478. The van der Waals surface area contributed by atoms with Gasteiger partial charge in [0.05, 0.1) is 0 Å². The summed E-state index contributed by atoms with van der Waals surface area (Å²) in [6, 6.07) is 8.14. The van der Waals surface area contributed by atoms with Crippen LogP contribution in [0.15, 0.2) is 24.3 Å². The van der Waals surface area contributed by atoms with Gasteiger partial charge < -0.3 is 10.2 Å². The smallest absolute Gasteiger partial charge is 0.123 e. The topological polar surface area (TPSA) is 40.5 Å². The fourth-order valence-electron chi connectivity index (χ4n) is 3.32. The van der Waals surface area contributed by atoms with Gasteiger partial charge in [-0.3, -0.25) is 0 Å². The van der Waals surface area contributed by atoms with Crippen LogP contribution in [0.5, 0.6) is 11.5 Å². The molecule has 0 saturated heterocycles. The number of aryl methyl sites for hydroxylation is 2. The first kappa shape index (κ1) is 19.4. The monoisotopic (exact) mass is 340 g/mol. The molecule has 136 valence electrons. The molecular formula is C23H32O2. The second-order valence-electron chi connectivity index (χ2n) is 9.25. The van der Waals surface area contributed by atoms with Gasteiger partial charge in [-0.15, -0.1) is 0 Å². The van der Waals surface area contributed by atoms with Crippen molar-refractivity contribution in [3.05, 3.63) is 57.6 Å². The molecule has 0 aromatic heterocycles. The molecule has 0 aliphatic heterocycles. The molecular weight excluding hydrogens is 308 g/mol. The van der Waals surface area contributed by atoms with E-state index >= 15 is 0 Å². The van der Waals surface area contributed by atoms with E-state index in [0.29, 0.717) is 17.9 Å². The van der Waals surface area contributed by atoms with Crippen molar-refractivity contribution in [2.24, 2.45) is 0 Å². The van der Waals surface area contributed by atoms with E-state index in [2.05, 4.69) is 60.6 Å². The molecule has 2 rings (SSSR count). The predicted molar refractivity (Wildman–Crippen MR) is 106 cm³/mol. The van der Waals surface area contributed by atoms with Crippen LogP contribution in [-0.2, 0) is 17.3 Å². The summed E-state index contributed by atoms with van der Waals surface area (Å²) in [5, 5.41) is 21.7. The summed E-state index contributed by atoms with van der Waals surface area (Å²) in [4.78, 5) is 0. The first-order valence-electron chi connectivity index (χ1n) is 8.97. The maximum Gasteiger partial charge on any atom is 0.123 e. The summed E-state index contributed by atoms with van der Waals surface area (Å²) < 4.78 is 0. The molecule has 2 aromatic rings. The van der Waals surface area contributed by atoms with Gasteiger partial charge in [0.15, 0.2) is 0 Å². The fourth-order valence-corrected chi connectivity index (χ4v) is 3.32. The zero-order chi connectivity index (χ0) is 19.2. The van der Waals surface area contributed by atoms with E-state index in [4.69, 9.17) is 0 Å². The van der Waals surface area contributed by atoms with Crippen LogP contribution >= 0.6 is 0 Å². The summed E-state index contributed by atoms with van der Waals surface area (Å²) in [7, 11) is 0. The zero-order valence-electron chi connectivity index (χ0n) is 16.9. The normalized spacial score (nSPS) is 12.5. The molecule has 2 aromatic carbocycles. The number of hydrogen-bond acceptors (Lipinski definition) is 2. The minimum atomic E-state index is -0.130. The van der Waals surface area contributed by atoms with Crippen molar-refractivity contribution >= 4 is 0 Å². The quantitative estimate of drug-likeness (QED) is 0.714. The number of phenolic OH excluding ortho intramolecular Hbond substituents is 2. The van der Waals surface area contributed by atoms with Crippen molar-refractivity contribution in [3.8, 4) is 11.5 Å². The first-order valence-corrected chi connectivity index (χ1v) is 8.97. The lowest BCUT2D eigenvalue weighted by Crippen LogP contribution is -2.14. The number of phenols is 2.